The predicted octanol–water partition coefficient (Wildman–Crippen LogP) is 1.30. The van der Waals surface area contributed by atoms with Gasteiger partial charge in [-0.1, -0.05) is 6.07 Å². The summed E-state index contributed by atoms with van der Waals surface area (Å²) in [4.78, 5) is 11.4. The van der Waals surface area contributed by atoms with Gasteiger partial charge in [0.15, 0.2) is 0 Å². The summed E-state index contributed by atoms with van der Waals surface area (Å²) in [5.74, 6) is -0.512. The third-order valence-electron chi connectivity index (χ3n) is 2.29. The highest BCUT2D eigenvalue weighted by Gasteiger charge is 2.05. The maximum Gasteiger partial charge on any atom is 0.267 e. The third-order valence-corrected chi connectivity index (χ3v) is 2.29. The van der Waals surface area contributed by atoms with Crippen LogP contribution in [0.5, 0.6) is 0 Å². The Morgan fingerprint density at radius 1 is 1.41 bits per heavy atom. The van der Waals surface area contributed by atoms with E-state index >= 15 is 0 Å². The summed E-state index contributed by atoms with van der Waals surface area (Å²) in [6.45, 7) is 0.0528. The smallest absolute Gasteiger partial charge is 0.267 e. The quantitative estimate of drug-likeness (QED) is 0.779. The SMILES string of the molecule is N#Cc1ccc(Cn2ncccc2=O)c(F)c1. The fourth-order valence-electron chi connectivity index (χ4n) is 1.41. The van der Waals surface area contributed by atoms with E-state index in [0.29, 0.717) is 5.56 Å². The second kappa shape index (κ2) is 4.58. The van der Waals surface area contributed by atoms with Crippen molar-refractivity contribution in [3.8, 4) is 6.07 Å². The molecule has 0 unspecified atom stereocenters. The number of hydrogen-bond acceptors (Lipinski definition) is 3. The molecule has 84 valence electrons. The summed E-state index contributed by atoms with van der Waals surface area (Å²) in [6.07, 6.45) is 1.46. The zero-order chi connectivity index (χ0) is 12.3. The number of benzene rings is 1. The summed E-state index contributed by atoms with van der Waals surface area (Å²) >= 11 is 0. The molecular formula is C12H8FN3O. The van der Waals surface area contributed by atoms with Gasteiger partial charge in [-0.15, -0.1) is 0 Å². The van der Waals surface area contributed by atoms with E-state index in [-0.39, 0.29) is 17.7 Å². The van der Waals surface area contributed by atoms with Crippen molar-refractivity contribution in [3.05, 3.63) is 63.8 Å². The molecule has 0 bridgehead atoms. The number of halogens is 1. The van der Waals surface area contributed by atoms with Crippen LogP contribution in [0.4, 0.5) is 4.39 Å². The van der Waals surface area contributed by atoms with Gasteiger partial charge in [-0.05, 0) is 18.2 Å². The monoisotopic (exact) mass is 229 g/mol. The maximum absolute atomic E-state index is 13.6. The first-order chi connectivity index (χ1) is 8.20. The Labute approximate surface area is 96.6 Å². The van der Waals surface area contributed by atoms with E-state index in [0.717, 1.165) is 10.7 Å². The first-order valence-corrected chi connectivity index (χ1v) is 4.91. The van der Waals surface area contributed by atoms with Crippen LogP contribution in [0.2, 0.25) is 0 Å². The lowest BCUT2D eigenvalue weighted by Gasteiger charge is -2.05. The lowest BCUT2D eigenvalue weighted by Crippen LogP contribution is -2.22. The maximum atomic E-state index is 13.6. The molecule has 0 N–H and O–H groups in total. The topological polar surface area (TPSA) is 58.7 Å². The summed E-state index contributed by atoms with van der Waals surface area (Å²) in [6, 6.07) is 8.85. The summed E-state index contributed by atoms with van der Waals surface area (Å²) in [5.41, 5.74) is 0.278. The molecule has 0 aliphatic carbocycles. The highest BCUT2D eigenvalue weighted by Crippen LogP contribution is 2.10. The van der Waals surface area contributed by atoms with Gasteiger partial charge in [-0.2, -0.15) is 10.4 Å². The summed E-state index contributed by atoms with van der Waals surface area (Å²) in [5, 5.41) is 12.4. The Morgan fingerprint density at radius 2 is 2.24 bits per heavy atom. The van der Waals surface area contributed by atoms with Crippen molar-refractivity contribution >= 4 is 0 Å². The average Bonchev–Trinajstić information content (AvgIpc) is 2.34. The van der Waals surface area contributed by atoms with Crippen molar-refractivity contribution in [2.75, 3.05) is 0 Å². The highest BCUT2D eigenvalue weighted by molar-refractivity contribution is 5.32. The van der Waals surface area contributed by atoms with E-state index in [1.807, 2.05) is 6.07 Å². The molecule has 1 aromatic carbocycles. The van der Waals surface area contributed by atoms with E-state index in [9.17, 15) is 9.18 Å². The lowest BCUT2D eigenvalue weighted by atomic mass is 10.1. The minimum atomic E-state index is -0.512. The van der Waals surface area contributed by atoms with E-state index < -0.39 is 5.82 Å². The molecular weight excluding hydrogens is 221 g/mol. The molecule has 17 heavy (non-hydrogen) atoms. The van der Waals surface area contributed by atoms with Gasteiger partial charge in [-0.3, -0.25) is 4.79 Å². The number of hydrogen-bond donors (Lipinski definition) is 0. The molecule has 0 spiro atoms. The van der Waals surface area contributed by atoms with Crippen LogP contribution in [0.15, 0.2) is 41.3 Å². The number of nitrogens with zero attached hydrogens (tertiary/aromatic N) is 3. The molecule has 0 saturated carbocycles. The fraction of sp³-hybridized carbons (Fsp3) is 0.0833. The van der Waals surface area contributed by atoms with Crippen LogP contribution < -0.4 is 5.56 Å². The van der Waals surface area contributed by atoms with Crippen LogP contribution in [0.25, 0.3) is 0 Å². The predicted molar refractivity (Wildman–Crippen MR) is 58.7 cm³/mol. The Kier molecular flexibility index (Phi) is 2.97. The molecule has 0 fully saturated rings. The third kappa shape index (κ3) is 2.37. The summed E-state index contributed by atoms with van der Waals surface area (Å²) < 4.78 is 14.7. The number of rotatable bonds is 2. The van der Waals surface area contributed by atoms with Gasteiger partial charge in [0.05, 0.1) is 18.2 Å². The second-order valence-corrected chi connectivity index (χ2v) is 3.44. The Morgan fingerprint density at radius 3 is 2.88 bits per heavy atom. The molecule has 0 aliphatic heterocycles. The molecule has 1 aromatic heterocycles. The van der Waals surface area contributed by atoms with Crippen molar-refractivity contribution in [1.29, 1.82) is 5.26 Å². The van der Waals surface area contributed by atoms with Crippen LogP contribution in [0.3, 0.4) is 0 Å². The van der Waals surface area contributed by atoms with Crippen LogP contribution in [-0.2, 0) is 6.54 Å². The van der Waals surface area contributed by atoms with Gasteiger partial charge < -0.3 is 0 Å². The molecule has 1 heterocycles. The van der Waals surface area contributed by atoms with Crippen molar-refractivity contribution in [3.63, 3.8) is 0 Å². The Bertz CT molecular complexity index is 643. The van der Waals surface area contributed by atoms with Gasteiger partial charge in [0.25, 0.3) is 5.56 Å². The number of nitriles is 1. The van der Waals surface area contributed by atoms with Crippen LogP contribution in [0, 0.1) is 17.1 Å². The Balaban J connectivity index is 2.35. The van der Waals surface area contributed by atoms with Gasteiger partial charge >= 0.3 is 0 Å². The molecule has 0 saturated heterocycles. The van der Waals surface area contributed by atoms with Crippen LogP contribution in [0.1, 0.15) is 11.1 Å². The minimum Gasteiger partial charge on any atom is -0.268 e. The van der Waals surface area contributed by atoms with E-state index in [1.54, 1.807) is 0 Å². The van der Waals surface area contributed by atoms with Gasteiger partial charge in [0.2, 0.25) is 0 Å². The molecule has 0 amide bonds. The molecule has 0 atom stereocenters. The zero-order valence-corrected chi connectivity index (χ0v) is 8.80. The van der Waals surface area contributed by atoms with E-state index in [2.05, 4.69) is 5.10 Å². The molecule has 2 aromatic rings. The van der Waals surface area contributed by atoms with Crippen molar-refractivity contribution in [1.82, 2.24) is 9.78 Å². The molecule has 0 radical (unpaired) electrons. The van der Waals surface area contributed by atoms with Gasteiger partial charge in [0, 0.05) is 17.8 Å². The van der Waals surface area contributed by atoms with Crippen LogP contribution >= 0.6 is 0 Å². The Hall–Kier alpha value is -2.48. The van der Waals surface area contributed by atoms with Gasteiger partial charge in [-0.25, -0.2) is 9.07 Å². The molecule has 2 rings (SSSR count). The van der Waals surface area contributed by atoms with Crippen molar-refractivity contribution in [2.45, 2.75) is 6.54 Å². The second-order valence-electron chi connectivity index (χ2n) is 3.44. The molecule has 5 heteroatoms. The number of aromatic nitrogens is 2. The first kappa shape index (κ1) is 11.0. The standard InChI is InChI=1S/C12H8FN3O/c13-11-6-9(7-14)3-4-10(11)8-16-12(17)2-1-5-15-16/h1-6H,8H2. The normalized spacial score (nSPS) is 9.88. The average molecular weight is 229 g/mol. The fourth-order valence-corrected chi connectivity index (χ4v) is 1.41. The summed E-state index contributed by atoms with van der Waals surface area (Å²) in [7, 11) is 0. The van der Waals surface area contributed by atoms with Crippen LogP contribution in [-0.4, -0.2) is 9.78 Å². The van der Waals surface area contributed by atoms with Crippen molar-refractivity contribution < 1.29 is 4.39 Å². The van der Waals surface area contributed by atoms with Crippen molar-refractivity contribution in [2.24, 2.45) is 0 Å². The lowest BCUT2D eigenvalue weighted by molar-refractivity contribution is 0.572. The highest BCUT2D eigenvalue weighted by atomic mass is 19.1. The molecule has 0 aliphatic rings. The largest absolute Gasteiger partial charge is 0.268 e. The van der Waals surface area contributed by atoms with E-state index in [4.69, 9.17) is 5.26 Å². The van der Waals surface area contributed by atoms with E-state index in [1.165, 1.54) is 30.5 Å². The molecule has 4 nitrogen and oxygen atoms in total. The minimum absolute atomic E-state index is 0.0528. The first-order valence-electron chi connectivity index (χ1n) is 4.91. The zero-order valence-electron chi connectivity index (χ0n) is 8.80. The van der Waals surface area contributed by atoms with Gasteiger partial charge in [0.1, 0.15) is 5.82 Å².